The van der Waals surface area contributed by atoms with Gasteiger partial charge in [-0.25, -0.2) is 0 Å². The van der Waals surface area contributed by atoms with E-state index in [0.29, 0.717) is 28.4 Å². The molecule has 0 aromatic heterocycles. The van der Waals surface area contributed by atoms with Gasteiger partial charge >= 0.3 is 0 Å². The third-order valence-corrected chi connectivity index (χ3v) is 4.62. The lowest BCUT2D eigenvalue weighted by atomic mass is 9.65. The molecule has 20 heavy (non-hydrogen) atoms. The Kier molecular flexibility index (Phi) is 2.96. The quantitative estimate of drug-likeness (QED) is 0.795. The third-order valence-electron chi connectivity index (χ3n) is 4.62. The fraction of sp³-hybridized carbons (Fsp3) is 0.529. The molecule has 3 heteroatoms. The van der Waals surface area contributed by atoms with Gasteiger partial charge in [0.15, 0.2) is 0 Å². The number of nitrogens with one attached hydrogen (secondary N) is 1. The summed E-state index contributed by atoms with van der Waals surface area (Å²) in [5, 5.41) is 2.42. The third kappa shape index (κ3) is 2.15. The number of carbonyl (C=O) groups excluding carboxylic acids is 2. The maximum absolute atomic E-state index is 12.1. The van der Waals surface area contributed by atoms with Crippen molar-refractivity contribution in [1.29, 1.82) is 0 Å². The highest BCUT2D eigenvalue weighted by atomic mass is 16.2. The van der Waals surface area contributed by atoms with Gasteiger partial charge in [-0.05, 0) is 48.1 Å². The SMILES string of the molecule is CC1CC(c2cccc3c2C(=O)NC3=O)CC(C)(C)C1. The van der Waals surface area contributed by atoms with Crippen LogP contribution in [0, 0.1) is 11.3 Å². The van der Waals surface area contributed by atoms with Crippen molar-refractivity contribution in [2.75, 3.05) is 0 Å². The highest BCUT2D eigenvalue weighted by Gasteiger charge is 2.37. The van der Waals surface area contributed by atoms with Gasteiger partial charge in [-0.2, -0.15) is 0 Å². The fourth-order valence-electron chi connectivity index (χ4n) is 4.17. The van der Waals surface area contributed by atoms with Crippen molar-refractivity contribution in [2.45, 2.75) is 46.0 Å². The average Bonchev–Trinajstić information content (AvgIpc) is 2.63. The van der Waals surface area contributed by atoms with Gasteiger partial charge in [-0.15, -0.1) is 0 Å². The van der Waals surface area contributed by atoms with Crippen LogP contribution in [0.3, 0.4) is 0 Å². The molecule has 1 aromatic rings. The monoisotopic (exact) mass is 271 g/mol. The molecule has 1 aliphatic heterocycles. The lowest BCUT2D eigenvalue weighted by molar-refractivity contribution is 0.0878. The van der Waals surface area contributed by atoms with Crippen molar-refractivity contribution in [3.8, 4) is 0 Å². The molecular weight excluding hydrogens is 250 g/mol. The van der Waals surface area contributed by atoms with Gasteiger partial charge in [0.25, 0.3) is 11.8 Å². The number of benzene rings is 1. The average molecular weight is 271 g/mol. The summed E-state index contributed by atoms with van der Waals surface area (Å²) in [7, 11) is 0. The van der Waals surface area contributed by atoms with E-state index in [9.17, 15) is 9.59 Å². The summed E-state index contributed by atoms with van der Waals surface area (Å²) < 4.78 is 0. The Bertz CT molecular complexity index is 589. The lowest BCUT2D eigenvalue weighted by Crippen LogP contribution is -2.27. The van der Waals surface area contributed by atoms with Crippen molar-refractivity contribution in [2.24, 2.45) is 11.3 Å². The smallest absolute Gasteiger partial charge is 0.259 e. The molecule has 3 nitrogen and oxygen atoms in total. The highest BCUT2D eigenvalue weighted by Crippen LogP contribution is 2.47. The molecular formula is C17H21NO2. The van der Waals surface area contributed by atoms with E-state index in [4.69, 9.17) is 0 Å². The Labute approximate surface area is 119 Å². The van der Waals surface area contributed by atoms with Crippen LogP contribution in [0.2, 0.25) is 0 Å². The Hall–Kier alpha value is -1.64. The molecule has 3 rings (SSSR count). The number of fused-ring (bicyclic) bond motifs is 1. The molecule has 0 spiro atoms. The second kappa shape index (κ2) is 4.44. The van der Waals surface area contributed by atoms with Gasteiger partial charge in [0.1, 0.15) is 0 Å². The lowest BCUT2D eigenvalue weighted by Gasteiger charge is -2.39. The Morgan fingerprint density at radius 1 is 1.15 bits per heavy atom. The van der Waals surface area contributed by atoms with Crippen LogP contribution in [0.15, 0.2) is 18.2 Å². The Morgan fingerprint density at radius 2 is 1.90 bits per heavy atom. The summed E-state index contributed by atoms with van der Waals surface area (Å²) in [6.07, 6.45) is 3.40. The second-order valence-electron chi connectivity index (χ2n) is 7.16. The van der Waals surface area contributed by atoms with E-state index in [1.165, 1.54) is 6.42 Å². The van der Waals surface area contributed by atoms with E-state index in [0.717, 1.165) is 18.4 Å². The Morgan fingerprint density at radius 3 is 2.60 bits per heavy atom. The van der Waals surface area contributed by atoms with Gasteiger partial charge in [0.05, 0.1) is 11.1 Å². The molecule has 2 aliphatic rings. The zero-order valence-electron chi connectivity index (χ0n) is 12.3. The highest BCUT2D eigenvalue weighted by molar-refractivity contribution is 6.22. The summed E-state index contributed by atoms with van der Waals surface area (Å²) in [4.78, 5) is 23.8. The van der Waals surface area contributed by atoms with Crippen molar-refractivity contribution in [3.63, 3.8) is 0 Å². The second-order valence-corrected chi connectivity index (χ2v) is 7.16. The number of hydrogen-bond acceptors (Lipinski definition) is 2. The standard InChI is InChI=1S/C17H21NO2/c1-10-7-11(9-17(2,3)8-10)12-5-4-6-13-14(12)16(20)18-15(13)19/h4-6,10-11H,7-9H2,1-3H3,(H,18,19,20). The first kappa shape index (κ1) is 13.3. The van der Waals surface area contributed by atoms with Crippen LogP contribution in [-0.2, 0) is 0 Å². The minimum atomic E-state index is -0.255. The van der Waals surface area contributed by atoms with Crippen molar-refractivity contribution < 1.29 is 9.59 Å². The molecule has 106 valence electrons. The molecule has 1 aromatic carbocycles. The van der Waals surface area contributed by atoms with Gasteiger partial charge in [-0.1, -0.05) is 32.9 Å². The van der Waals surface area contributed by atoms with Crippen LogP contribution in [0.4, 0.5) is 0 Å². The molecule has 1 saturated carbocycles. The van der Waals surface area contributed by atoms with E-state index in [1.807, 2.05) is 12.1 Å². The van der Waals surface area contributed by atoms with Gasteiger partial charge in [-0.3, -0.25) is 14.9 Å². The molecule has 1 N–H and O–H groups in total. The van der Waals surface area contributed by atoms with Gasteiger partial charge in [0.2, 0.25) is 0 Å². The van der Waals surface area contributed by atoms with Crippen LogP contribution >= 0.6 is 0 Å². The van der Waals surface area contributed by atoms with Crippen LogP contribution in [0.5, 0.6) is 0 Å². The van der Waals surface area contributed by atoms with Crippen molar-refractivity contribution >= 4 is 11.8 Å². The molecule has 1 fully saturated rings. The molecule has 0 saturated heterocycles. The molecule has 0 radical (unpaired) electrons. The molecule has 2 unspecified atom stereocenters. The van der Waals surface area contributed by atoms with E-state index in [1.54, 1.807) is 6.07 Å². The first-order valence-electron chi connectivity index (χ1n) is 7.36. The topological polar surface area (TPSA) is 46.2 Å². The first-order valence-corrected chi connectivity index (χ1v) is 7.36. The molecule has 0 bridgehead atoms. The van der Waals surface area contributed by atoms with Crippen molar-refractivity contribution in [1.82, 2.24) is 5.32 Å². The van der Waals surface area contributed by atoms with Gasteiger partial charge in [0, 0.05) is 0 Å². The zero-order chi connectivity index (χ0) is 14.5. The summed E-state index contributed by atoms with van der Waals surface area (Å²) in [6, 6.07) is 5.67. The van der Waals surface area contributed by atoms with E-state index >= 15 is 0 Å². The Balaban J connectivity index is 2.04. The number of rotatable bonds is 1. The minimum Gasteiger partial charge on any atom is -0.288 e. The maximum atomic E-state index is 12.1. The first-order chi connectivity index (χ1) is 9.37. The van der Waals surface area contributed by atoms with Gasteiger partial charge < -0.3 is 0 Å². The van der Waals surface area contributed by atoms with Crippen LogP contribution < -0.4 is 5.32 Å². The van der Waals surface area contributed by atoms with Crippen LogP contribution in [0.25, 0.3) is 0 Å². The number of hydrogen-bond donors (Lipinski definition) is 1. The van der Waals surface area contributed by atoms with E-state index in [2.05, 4.69) is 26.1 Å². The van der Waals surface area contributed by atoms with E-state index in [-0.39, 0.29) is 11.8 Å². The minimum absolute atomic E-state index is 0.225. The predicted molar refractivity (Wildman–Crippen MR) is 77.8 cm³/mol. The fourth-order valence-corrected chi connectivity index (χ4v) is 4.17. The number of amides is 2. The molecule has 1 aliphatic carbocycles. The number of imide groups is 1. The summed E-state index contributed by atoms with van der Waals surface area (Å²) in [6.45, 7) is 6.87. The van der Waals surface area contributed by atoms with Crippen LogP contribution in [0.1, 0.15) is 72.2 Å². The molecule has 2 atom stereocenters. The van der Waals surface area contributed by atoms with Crippen molar-refractivity contribution in [3.05, 3.63) is 34.9 Å². The van der Waals surface area contributed by atoms with E-state index < -0.39 is 0 Å². The normalized spacial score (nSPS) is 28.1. The zero-order valence-corrected chi connectivity index (χ0v) is 12.3. The maximum Gasteiger partial charge on any atom is 0.259 e. The van der Waals surface area contributed by atoms with Crippen LogP contribution in [-0.4, -0.2) is 11.8 Å². The number of carbonyl (C=O) groups is 2. The predicted octanol–water partition coefficient (Wildman–Crippen LogP) is 3.50. The summed E-state index contributed by atoms with van der Waals surface area (Å²) in [5.74, 6) is 0.548. The largest absolute Gasteiger partial charge is 0.288 e. The summed E-state index contributed by atoms with van der Waals surface area (Å²) in [5.41, 5.74) is 2.52. The summed E-state index contributed by atoms with van der Waals surface area (Å²) >= 11 is 0. The molecule has 1 heterocycles. The molecule has 2 amide bonds.